The van der Waals surface area contributed by atoms with Gasteiger partial charge in [0.05, 0.1) is 5.60 Å². The lowest BCUT2D eigenvalue weighted by Crippen LogP contribution is -2.37. The summed E-state index contributed by atoms with van der Waals surface area (Å²) in [6, 6.07) is 0. The predicted molar refractivity (Wildman–Crippen MR) is 54.9 cm³/mol. The molecule has 1 aromatic heterocycles. The highest BCUT2D eigenvalue weighted by Gasteiger charge is 2.52. The summed E-state index contributed by atoms with van der Waals surface area (Å²) < 4.78 is 1.97. The fourth-order valence-corrected chi connectivity index (χ4v) is 1.81. The molecule has 3 nitrogen and oxygen atoms in total. The molecule has 1 unspecified atom stereocenters. The van der Waals surface area contributed by atoms with Crippen LogP contribution in [0.4, 0.5) is 0 Å². The van der Waals surface area contributed by atoms with Crippen LogP contribution in [0.2, 0.25) is 0 Å². The van der Waals surface area contributed by atoms with Gasteiger partial charge in [-0.15, -0.1) is 0 Å². The number of hydrogen-bond donors (Lipinski definition) is 1. The molecule has 1 aliphatic carbocycles. The Kier molecular flexibility index (Phi) is 1.96. The molecule has 78 valence electrons. The molecule has 0 saturated heterocycles. The molecule has 1 aliphatic rings. The molecular formula is C11H18N2O. The van der Waals surface area contributed by atoms with Crippen molar-refractivity contribution in [2.75, 3.05) is 0 Å². The van der Waals surface area contributed by atoms with Crippen LogP contribution in [0.3, 0.4) is 0 Å². The Morgan fingerprint density at radius 2 is 2.29 bits per heavy atom. The van der Waals surface area contributed by atoms with Gasteiger partial charge in [0.25, 0.3) is 0 Å². The highest BCUT2D eigenvalue weighted by molar-refractivity contribution is 5.08. The van der Waals surface area contributed by atoms with E-state index < -0.39 is 5.60 Å². The first kappa shape index (κ1) is 9.71. The van der Waals surface area contributed by atoms with Gasteiger partial charge in [0.1, 0.15) is 5.82 Å². The van der Waals surface area contributed by atoms with E-state index in [0.29, 0.717) is 6.42 Å². The predicted octanol–water partition coefficient (Wildman–Crippen LogP) is 1.51. The van der Waals surface area contributed by atoms with Gasteiger partial charge in [0, 0.05) is 25.9 Å². The molecule has 0 amide bonds. The number of nitrogens with zero attached hydrogens (tertiary/aromatic N) is 2. The van der Waals surface area contributed by atoms with Crippen LogP contribution in [-0.2, 0) is 13.5 Å². The first-order chi connectivity index (χ1) is 6.45. The molecule has 14 heavy (non-hydrogen) atoms. The average Bonchev–Trinajstić information content (AvgIpc) is 2.73. The van der Waals surface area contributed by atoms with Gasteiger partial charge < -0.3 is 9.67 Å². The van der Waals surface area contributed by atoms with Gasteiger partial charge in [-0.2, -0.15) is 0 Å². The minimum atomic E-state index is -0.619. The van der Waals surface area contributed by atoms with Crippen LogP contribution in [0, 0.1) is 5.41 Å². The summed E-state index contributed by atoms with van der Waals surface area (Å²) in [7, 11) is 1.97. The highest BCUT2D eigenvalue weighted by atomic mass is 16.3. The van der Waals surface area contributed by atoms with Gasteiger partial charge in [-0.05, 0) is 25.2 Å². The van der Waals surface area contributed by atoms with Crippen LogP contribution >= 0.6 is 0 Å². The number of rotatable bonds is 3. The van der Waals surface area contributed by atoms with Crippen molar-refractivity contribution in [1.82, 2.24) is 9.55 Å². The molecule has 1 fully saturated rings. The Bertz CT molecular complexity index is 337. The molecule has 0 radical (unpaired) electrons. The Labute approximate surface area is 84.8 Å². The topological polar surface area (TPSA) is 38.0 Å². The highest BCUT2D eigenvalue weighted by Crippen LogP contribution is 2.54. The third-order valence-corrected chi connectivity index (χ3v) is 3.72. The second kappa shape index (κ2) is 2.83. The van der Waals surface area contributed by atoms with Crippen molar-refractivity contribution in [3.05, 3.63) is 18.2 Å². The molecule has 1 aromatic rings. The van der Waals surface area contributed by atoms with Crippen molar-refractivity contribution in [3.8, 4) is 0 Å². The lowest BCUT2D eigenvalue weighted by atomic mass is 9.84. The maximum atomic E-state index is 10.4. The van der Waals surface area contributed by atoms with Gasteiger partial charge in [0.15, 0.2) is 0 Å². The van der Waals surface area contributed by atoms with Crippen molar-refractivity contribution in [3.63, 3.8) is 0 Å². The van der Waals surface area contributed by atoms with Crippen molar-refractivity contribution >= 4 is 0 Å². The summed E-state index contributed by atoms with van der Waals surface area (Å²) in [5, 5.41) is 10.4. The largest absolute Gasteiger partial charge is 0.389 e. The fraction of sp³-hybridized carbons (Fsp3) is 0.727. The summed E-state index contributed by atoms with van der Waals surface area (Å²) >= 11 is 0. The van der Waals surface area contributed by atoms with Crippen LogP contribution in [0.1, 0.15) is 32.5 Å². The molecule has 0 aliphatic heterocycles. The number of aryl methyl sites for hydroxylation is 1. The number of aliphatic hydroxyl groups is 1. The van der Waals surface area contributed by atoms with Gasteiger partial charge in [0.2, 0.25) is 0 Å². The third-order valence-electron chi connectivity index (χ3n) is 3.72. The molecule has 3 heteroatoms. The van der Waals surface area contributed by atoms with Crippen LogP contribution in [0.5, 0.6) is 0 Å². The monoisotopic (exact) mass is 194 g/mol. The number of aromatic nitrogens is 2. The average molecular weight is 194 g/mol. The Hall–Kier alpha value is -0.830. The van der Waals surface area contributed by atoms with E-state index in [1.54, 1.807) is 6.20 Å². The Morgan fingerprint density at radius 1 is 1.64 bits per heavy atom. The standard InChI is InChI=1S/C11H18N2O/c1-10(4-5-10)11(2,14)8-9-12-6-7-13(9)3/h6-7,14H,4-5,8H2,1-3H3. The molecular weight excluding hydrogens is 176 g/mol. The lowest BCUT2D eigenvalue weighted by Gasteiger charge is -2.30. The van der Waals surface area contributed by atoms with E-state index >= 15 is 0 Å². The summed E-state index contributed by atoms with van der Waals surface area (Å²) in [5.41, 5.74) is -0.509. The summed E-state index contributed by atoms with van der Waals surface area (Å²) in [4.78, 5) is 4.25. The van der Waals surface area contributed by atoms with E-state index in [1.165, 1.54) is 0 Å². The SMILES string of the molecule is Cn1ccnc1CC(C)(O)C1(C)CC1. The van der Waals surface area contributed by atoms with Crippen LogP contribution in [-0.4, -0.2) is 20.3 Å². The molecule has 1 heterocycles. The van der Waals surface area contributed by atoms with E-state index in [-0.39, 0.29) is 5.41 Å². The molecule has 1 N–H and O–H groups in total. The van der Waals surface area contributed by atoms with Crippen LogP contribution in [0.25, 0.3) is 0 Å². The van der Waals surface area contributed by atoms with E-state index in [2.05, 4.69) is 11.9 Å². The minimum Gasteiger partial charge on any atom is -0.389 e. The molecule has 1 saturated carbocycles. The summed E-state index contributed by atoms with van der Waals surface area (Å²) in [6.07, 6.45) is 6.60. The van der Waals surface area contributed by atoms with Gasteiger partial charge in [-0.3, -0.25) is 0 Å². The first-order valence-electron chi connectivity index (χ1n) is 5.13. The zero-order chi connectivity index (χ0) is 10.4. The maximum Gasteiger partial charge on any atom is 0.111 e. The second-order valence-corrected chi connectivity index (χ2v) is 4.97. The van der Waals surface area contributed by atoms with Crippen molar-refractivity contribution < 1.29 is 5.11 Å². The molecule has 0 bridgehead atoms. The Morgan fingerprint density at radius 3 is 2.71 bits per heavy atom. The zero-order valence-electron chi connectivity index (χ0n) is 9.12. The molecule has 1 atom stereocenters. The van der Waals surface area contributed by atoms with Crippen molar-refractivity contribution in [2.45, 2.75) is 38.7 Å². The Balaban J connectivity index is 2.14. The number of hydrogen-bond acceptors (Lipinski definition) is 2. The van der Waals surface area contributed by atoms with Gasteiger partial charge in [-0.1, -0.05) is 6.92 Å². The minimum absolute atomic E-state index is 0.110. The van der Waals surface area contributed by atoms with E-state index in [4.69, 9.17) is 0 Å². The first-order valence-corrected chi connectivity index (χ1v) is 5.13. The zero-order valence-corrected chi connectivity index (χ0v) is 9.12. The maximum absolute atomic E-state index is 10.4. The fourth-order valence-electron chi connectivity index (χ4n) is 1.81. The van der Waals surface area contributed by atoms with E-state index in [9.17, 15) is 5.11 Å². The third kappa shape index (κ3) is 1.46. The van der Waals surface area contributed by atoms with Crippen molar-refractivity contribution in [2.24, 2.45) is 12.5 Å². The van der Waals surface area contributed by atoms with E-state index in [0.717, 1.165) is 18.7 Å². The molecule has 0 aromatic carbocycles. The van der Waals surface area contributed by atoms with Crippen molar-refractivity contribution in [1.29, 1.82) is 0 Å². The molecule has 2 rings (SSSR count). The van der Waals surface area contributed by atoms with Gasteiger partial charge >= 0.3 is 0 Å². The second-order valence-electron chi connectivity index (χ2n) is 4.97. The van der Waals surface area contributed by atoms with Crippen LogP contribution < -0.4 is 0 Å². The normalized spacial score (nSPS) is 23.1. The van der Waals surface area contributed by atoms with Gasteiger partial charge in [-0.25, -0.2) is 4.98 Å². The lowest BCUT2D eigenvalue weighted by molar-refractivity contribution is -0.00922. The van der Waals surface area contributed by atoms with Crippen LogP contribution in [0.15, 0.2) is 12.4 Å². The number of imidazole rings is 1. The smallest absolute Gasteiger partial charge is 0.111 e. The quantitative estimate of drug-likeness (QED) is 0.792. The summed E-state index contributed by atoms with van der Waals surface area (Å²) in [6.45, 7) is 4.07. The summed E-state index contributed by atoms with van der Waals surface area (Å²) in [5.74, 6) is 0.961. The van der Waals surface area contributed by atoms with E-state index in [1.807, 2.05) is 24.7 Å². The molecule has 0 spiro atoms.